The van der Waals surface area contributed by atoms with Gasteiger partial charge in [0.05, 0.1) is 0 Å². The van der Waals surface area contributed by atoms with Crippen molar-refractivity contribution in [3.8, 4) is 0 Å². The Kier molecular flexibility index (Phi) is 8.11. The number of hydrogen-bond donors (Lipinski definition) is 0. The maximum atomic E-state index is 4.54. The number of halogens is 2. The monoisotopic (exact) mass is 684 g/mol. The van der Waals surface area contributed by atoms with Crippen LogP contribution in [-0.4, -0.2) is 48.7 Å². The summed E-state index contributed by atoms with van der Waals surface area (Å²) in [5.41, 5.74) is 0. The van der Waals surface area contributed by atoms with Crippen molar-refractivity contribution in [3.63, 3.8) is 0 Å². The molecule has 0 amide bonds. The van der Waals surface area contributed by atoms with Crippen LogP contribution >= 0.6 is 24.0 Å². The molecule has 0 aromatic rings. The third kappa shape index (κ3) is 6.52. The zero-order valence-electron chi connectivity index (χ0n) is 16.4. The fraction of sp³-hybridized carbons (Fsp3) is 1.00. The van der Waals surface area contributed by atoms with Gasteiger partial charge >= 0.3 is 157 Å². The fourth-order valence-corrected chi connectivity index (χ4v) is 242. The Morgan fingerprint density at radius 1 is 0.476 bits per heavy atom. The zero-order chi connectivity index (χ0) is 17.7. The van der Waals surface area contributed by atoms with Gasteiger partial charge in [0.2, 0.25) is 0 Å². The average molecular weight is 686 g/mol. The summed E-state index contributed by atoms with van der Waals surface area (Å²) in [6.45, 7) is 31.5. The Morgan fingerprint density at radius 2 is 0.619 bits per heavy atom. The summed E-state index contributed by atoms with van der Waals surface area (Å²) in [4.78, 5) is 0. The van der Waals surface area contributed by atoms with Gasteiger partial charge in [0.1, 0.15) is 0 Å². The molecule has 0 aliphatic carbocycles. The molecule has 0 aromatic heterocycles. The van der Waals surface area contributed by atoms with Crippen LogP contribution in [0.5, 0.6) is 0 Å². The van der Waals surface area contributed by atoms with Crippen molar-refractivity contribution in [2.75, 3.05) is 0 Å². The summed E-state index contributed by atoms with van der Waals surface area (Å²) in [5.74, 6) is 0. The molecule has 0 bridgehead atoms. The van der Waals surface area contributed by atoms with Crippen molar-refractivity contribution in [1.82, 2.24) is 0 Å². The van der Waals surface area contributed by atoms with Gasteiger partial charge in [-0.3, -0.25) is 0 Å². The van der Waals surface area contributed by atoms with E-state index in [1.54, 1.807) is 0 Å². The molecule has 0 spiro atoms. The van der Waals surface area contributed by atoms with E-state index in [2.05, 4.69) is 103 Å². The van der Waals surface area contributed by atoms with Gasteiger partial charge in [0.15, 0.2) is 0 Å². The van der Waals surface area contributed by atoms with Gasteiger partial charge in [0.25, 0.3) is 0 Å². The predicted octanol–water partition coefficient (Wildman–Crippen LogP) is 7.47. The molecule has 0 heterocycles. The molecule has 0 unspecified atom stereocenters. The first-order valence-electron chi connectivity index (χ1n) is 8.11. The van der Waals surface area contributed by atoms with E-state index in [1.807, 2.05) is 0 Å². The number of rotatable bonds is 6. The normalized spacial score (nSPS) is 16.0. The molecule has 7 heteroatoms. The number of hydrogen-bond acceptors (Lipinski definition) is 0. The molecule has 128 valence electrons. The molecule has 0 rings (SSSR count). The van der Waals surface area contributed by atoms with Gasteiger partial charge in [-0.1, -0.05) is 0 Å². The SMILES string of the molecule is C[Si](C)(C)[CH]([Si](C)(C)C)[Pb]([Br])([Br])[CH]([Si](C)(C)C)[Si](C)(C)C. The summed E-state index contributed by atoms with van der Waals surface area (Å²) in [7, 11) is -4.67. The molecule has 0 atom stereocenters. The van der Waals surface area contributed by atoms with E-state index in [9.17, 15) is 0 Å². The molecule has 0 nitrogen and oxygen atoms in total. The van der Waals surface area contributed by atoms with Crippen molar-refractivity contribution in [2.24, 2.45) is 0 Å². The topological polar surface area (TPSA) is 0 Å². The minimum atomic E-state index is -2.70. The summed E-state index contributed by atoms with van der Waals surface area (Å²) >= 11 is 6.38. The third-order valence-electron chi connectivity index (χ3n) is 4.23. The molecule has 0 fully saturated rings. The Hall–Kier alpha value is 2.75. The van der Waals surface area contributed by atoms with Gasteiger partial charge in [-0.25, -0.2) is 0 Å². The zero-order valence-corrected chi connectivity index (χ0v) is 27.5. The van der Waals surface area contributed by atoms with E-state index in [-0.39, 0.29) is 0 Å². The fourth-order valence-electron chi connectivity index (χ4n) is 5.07. The minimum absolute atomic E-state index is 1.06. The van der Waals surface area contributed by atoms with Crippen LogP contribution in [0.3, 0.4) is 0 Å². The summed E-state index contributed by atoms with van der Waals surface area (Å²) in [6, 6.07) is 0. The van der Waals surface area contributed by atoms with Crippen LogP contribution in [0.4, 0.5) is 0 Å². The quantitative estimate of drug-likeness (QED) is 0.255. The molecule has 0 radical (unpaired) electrons. The van der Waals surface area contributed by atoms with Crippen molar-refractivity contribution in [3.05, 3.63) is 0 Å². The van der Waals surface area contributed by atoms with Gasteiger partial charge < -0.3 is 0 Å². The average Bonchev–Trinajstić information content (AvgIpc) is 1.84. The molecule has 0 N–H and O–H groups in total. The summed E-state index contributed by atoms with van der Waals surface area (Å²) in [5, 5.41) is 0. The van der Waals surface area contributed by atoms with Crippen LogP contribution in [0.15, 0.2) is 0 Å². The van der Waals surface area contributed by atoms with Gasteiger partial charge in [-0.2, -0.15) is 0 Å². The standard InChI is InChI=1S/2C7H19Si2.2BrH.Pb/c2*1-8(2,3)7-9(4,5)6;;;/h2*7H,1-6H3;2*1H;/q;;;;+2/p-2. The second-order valence-corrected chi connectivity index (χ2v) is 84.5. The van der Waals surface area contributed by atoms with Gasteiger partial charge in [0, 0.05) is 0 Å². The first kappa shape index (κ1) is 23.7. The Morgan fingerprint density at radius 3 is 0.714 bits per heavy atom. The van der Waals surface area contributed by atoms with E-state index in [0.29, 0.717) is 0 Å². The Labute approximate surface area is 154 Å². The van der Waals surface area contributed by atoms with E-state index in [4.69, 9.17) is 0 Å². The van der Waals surface area contributed by atoms with E-state index >= 15 is 0 Å². The molecule has 0 aliphatic rings. The summed E-state index contributed by atoms with van der Waals surface area (Å²) in [6.07, 6.45) is 0. The molecule has 0 aliphatic heterocycles. The molecule has 0 aromatic carbocycles. The third-order valence-corrected chi connectivity index (χ3v) is 130. The van der Waals surface area contributed by atoms with Crippen molar-refractivity contribution >= 4 is 72.6 Å². The van der Waals surface area contributed by atoms with Crippen LogP contribution in [0.1, 0.15) is 0 Å². The van der Waals surface area contributed by atoms with Crippen LogP contribution in [0, 0.1) is 0 Å². The van der Waals surface area contributed by atoms with Crippen molar-refractivity contribution in [2.45, 2.75) is 84.0 Å². The molecule has 0 saturated heterocycles. The van der Waals surface area contributed by atoms with Crippen molar-refractivity contribution in [1.29, 1.82) is 0 Å². The van der Waals surface area contributed by atoms with Gasteiger partial charge in [-0.05, 0) is 0 Å². The van der Waals surface area contributed by atoms with Gasteiger partial charge in [-0.15, -0.1) is 0 Å². The first-order valence-corrected chi connectivity index (χ1v) is 43.8. The maximum absolute atomic E-state index is 4.54. The summed E-state index contributed by atoms with van der Waals surface area (Å²) < 4.78 is 2.11. The van der Waals surface area contributed by atoms with E-state index in [0.717, 1.165) is 5.45 Å². The molecule has 0 saturated carbocycles. The second kappa shape index (κ2) is 7.17. The Bertz CT molecular complexity index is 297. The molecular weight excluding hydrogens is 648 g/mol. The van der Waals surface area contributed by atoms with Crippen LogP contribution in [-0.2, 0) is 0 Å². The second-order valence-electron chi connectivity index (χ2n) is 11.0. The first-order chi connectivity index (χ1) is 8.73. The predicted molar refractivity (Wildman–Crippen MR) is 124 cm³/mol. The molecular formula is C14H38Br2PbSi4. The van der Waals surface area contributed by atoms with Crippen LogP contribution in [0.2, 0.25) is 84.0 Å². The van der Waals surface area contributed by atoms with E-state index in [1.165, 1.54) is 0 Å². The van der Waals surface area contributed by atoms with Crippen LogP contribution in [0.25, 0.3) is 0 Å². The Balaban J connectivity index is 6.21. The molecule has 21 heavy (non-hydrogen) atoms. The van der Waals surface area contributed by atoms with Crippen molar-refractivity contribution < 1.29 is 0 Å². The van der Waals surface area contributed by atoms with Crippen LogP contribution < -0.4 is 0 Å². The van der Waals surface area contributed by atoms with E-state index < -0.39 is 48.7 Å².